The van der Waals surface area contributed by atoms with Crippen LogP contribution in [0.2, 0.25) is 0 Å². The summed E-state index contributed by atoms with van der Waals surface area (Å²) >= 11 is 0. The third-order valence-corrected chi connectivity index (χ3v) is 6.34. The van der Waals surface area contributed by atoms with Gasteiger partial charge in [0.15, 0.2) is 29.6 Å². The summed E-state index contributed by atoms with van der Waals surface area (Å²) in [5, 5.41) is 2.69. The maximum atomic E-state index is 12.6. The van der Waals surface area contributed by atoms with Crippen LogP contribution >= 0.6 is 0 Å². The molecule has 0 unspecified atom stereocenters. The van der Waals surface area contributed by atoms with Crippen molar-refractivity contribution in [3.05, 3.63) is 63.7 Å². The lowest BCUT2D eigenvalue weighted by Crippen LogP contribution is -2.30. The highest BCUT2D eigenvalue weighted by Gasteiger charge is 2.21. The van der Waals surface area contributed by atoms with Gasteiger partial charge < -0.3 is 38.2 Å². The summed E-state index contributed by atoms with van der Waals surface area (Å²) in [7, 11) is 7.68. The number of carbonyl (C=O) groups excluding carboxylic acids is 1. The lowest BCUT2D eigenvalue weighted by atomic mass is 9.98. The molecule has 0 aliphatic carbocycles. The highest BCUT2D eigenvalue weighted by molar-refractivity contribution is 5.92. The lowest BCUT2D eigenvalue weighted by molar-refractivity contribution is -0.118. The molecule has 4 rings (SSSR count). The number of nitrogens with one attached hydrogen (secondary N) is 1. The Kier molecular flexibility index (Phi) is 8.82. The average molecular weight is 541 g/mol. The van der Waals surface area contributed by atoms with Crippen LogP contribution in [0.5, 0.6) is 34.5 Å². The molecular formula is C28H32N2O9. The Morgan fingerprint density at radius 3 is 2.08 bits per heavy atom. The third-order valence-electron chi connectivity index (χ3n) is 6.34. The van der Waals surface area contributed by atoms with Gasteiger partial charge in [-0.2, -0.15) is 0 Å². The van der Waals surface area contributed by atoms with Gasteiger partial charge in [-0.05, 0) is 29.7 Å². The van der Waals surface area contributed by atoms with Gasteiger partial charge in [-0.15, -0.1) is 0 Å². The summed E-state index contributed by atoms with van der Waals surface area (Å²) in [4.78, 5) is 27.3. The molecule has 0 saturated heterocycles. The first-order valence-corrected chi connectivity index (χ1v) is 12.2. The molecule has 1 aliphatic heterocycles. The second kappa shape index (κ2) is 12.4. The van der Waals surface area contributed by atoms with Gasteiger partial charge in [-0.3, -0.25) is 14.5 Å². The molecule has 11 heteroatoms. The number of ether oxygens (including phenoxy) is 6. The molecule has 39 heavy (non-hydrogen) atoms. The number of amides is 1. The van der Waals surface area contributed by atoms with E-state index in [-0.39, 0.29) is 11.2 Å². The molecule has 0 fully saturated rings. The maximum Gasteiger partial charge on any atom is 0.262 e. The number of hydrogen-bond acceptors (Lipinski definition) is 10. The Balaban J connectivity index is 1.35. The largest absolute Gasteiger partial charge is 0.493 e. The van der Waals surface area contributed by atoms with Crippen molar-refractivity contribution in [2.45, 2.75) is 19.5 Å². The van der Waals surface area contributed by atoms with Gasteiger partial charge in [-0.25, -0.2) is 0 Å². The van der Waals surface area contributed by atoms with E-state index >= 15 is 0 Å². The second-order valence-corrected chi connectivity index (χ2v) is 8.76. The summed E-state index contributed by atoms with van der Waals surface area (Å²) < 4.78 is 37.8. The molecule has 1 aromatic heterocycles. The van der Waals surface area contributed by atoms with Crippen molar-refractivity contribution in [1.82, 2.24) is 4.90 Å². The van der Waals surface area contributed by atoms with Crippen LogP contribution in [0, 0.1) is 0 Å². The van der Waals surface area contributed by atoms with Crippen molar-refractivity contribution in [3.63, 3.8) is 0 Å². The van der Waals surface area contributed by atoms with Crippen molar-refractivity contribution < 1.29 is 37.6 Å². The number of nitrogens with zero attached hydrogens (tertiary/aromatic N) is 1. The van der Waals surface area contributed by atoms with Gasteiger partial charge in [0.1, 0.15) is 12.0 Å². The molecule has 1 amide bonds. The molecule has 3 aromatic rings. The molecule has 0 saturated carbocycles. The topological polar surface area (TPSA) is 118 Å². The summed E-state index contributed by atoms with van der Waals surface area (Å²) in [6, 6.07) is 8.56. The summed E-state index contributed by atoms with van der Waals surface area (Å²) in [5.74, 6) is 2.54. The van der Waals surface area contributed by atoms with Gasteiger partial charge >= 0.3 is 0 Å². The van der Waals surface area contributed by atoms with Crippen LogP contribution in [0.1, 0.15) is 16.9 Å². The maximum absolute atomic E-state index is 12.6. The second-order valence-electron chi connectivity index (χ2n) is 8.76. The van der Waals surface area contributed by atoms with E-state index in [1.807, 2.05) is 12.1 Å². The molecule has 11 nitrogen and oxygen atoms in total. The van der Waals surface area contributed by atoms with Gasteiger partial charge in [-0.1, -0.05) is 0 Å². The number of carbonyl (C=O) groups is 1. The van der Waals surface area contributed by atoms with Crippen molar-refractivity contribution >= 4 is 11.6 Å². The molecule has 0 spiro atoms. The van der Waals surface area contributed by atoms with Crippen LogP contribution in [0.15, 0.2) is 45.8 Å². The molecule has 1 N–H and O–H groups in total. The van der Waals surface area contributed by atoms with E-state index in [9.17, 15) is 9.59 Å². The van der Waals surface area contributed by atoms with E-state index in [0.717, 1.165) is 18.5 Å². The van der Waals surface area contributed by atoms with Gasteiger partial charge in [0.25, 0.3) is 5.91 Å². The van der Waals surface area contributed by atoms with E-state index in [2.05, 4.69) is 10.2 Å². The molecule has 0 bridgehead atoms. The fourth-order valence-corrected chi connectivity index (χ4v) is 4.42. The monoisotopic (exact) mass is 540 g/mol. The molecule has 2 aromatic carbocycles. The first kappa shape index (κ1) is 27.6. The lowest BCUT2D eigenvalue weighted by Gasteiger charge is -2.29. The fraction of sp³-hybridized carbons (Fsp3) is 0.357. The minimum atomic E-state index is -0.480. The number of benzene rings is 2. The average Bonchev–Trinajstić information content (AvgIpc) is 2.95. The molecule has 2 heterocycles. The quantitative estimate of drug-likeness (QED) is 0.388. The normalized spacial score (nSPS) is 12.7. The molecule has 1 aliphatic rings. The molecule has 0 radical (unpaired) electrons. The first-order valence-electron chi connectivity index (χ1n) is 12.2. The zero-order valence-corrected chi connectivity index (χ0v) is 22.6. The number of hydrogen-bond donors (Lipinski definition) is 1. The number of rotatable bonds is 11. The number of anilines is 1. The van der Waals surface area contributed by atoms with Crippen molar-refractivity contribution in [2.24, 2.45) is 0 Å². The highest BCUT2D eigenvalue weighted by atomic mass is 16.5. The predicted molar refractivity (Wildman–Crippen MR) is 143 cm³/mol. The van der Waals surface area contributed by atoms with Crippen LogP contribution in [-0.2, 0) is 24.3 Å². The summed E-state index contributed by atoms with van der Waals surface area (Å²) in [6.07, 6.45) is 2.07. The number of methoxy groups -OCH3 is 5. The Morgan fingerprint density at radius 1 is 0.846 bits per heavy atom. The summed E-state index contributed by atoms with van der Waals surface area (Å²) in [5.41, 5.74) is 2.39. The van der Waals surface area contributed by atoms with E-state index < -0.39 is 12.5 Å². The Morgan fingerprint density at radius 2 is 1.49 bits per heavy atom. The smallest absolute Gasteiger partial charge is 0.262 e. The minimum Gasteiger partial charge on any atom is -0.493 e. The van der Waals surface area contributed by atoms with Crippen molar-refractivity contribution in [3.8, 4) is 34.5 Å². The van der Waals surface area contributed by atoms with Crippen LogP contribution in [0.25, 0.3) is 0 Å². The SMILES string of the molecule is COc1cc2c(cc1OC)CN(Cc1cc(=O)c(OCC(=O)Nc3cc(OC)c(OC)c(OC)c3)co1)CC2. The molecule has 0 atom stereocenters. The fourth-order valence-electron chi connectivity index (χ4n) is 4.42. The molecule has 208 valence electrons. The van der Waals surface area contributed by atoms with E-state index in [1.165, 1.54) is 39.2 Å². The third kappa shape index (κ3) is 6.37. The Hall–Kier alpha value is -4.38. The van der Waals surface area contributed by atoms with Crippen LogP contribution in [0.4, 0.5) is 5.69 Å². The van der Waals surface area contributed by atoms with Crippen LogP contribution in [0.3, 0.4) is 0 Å². The van der Waals surface area contributed by atoms with E-state index in [4.69, 9.17) is 32.8 Å². The predicted octanol–water partition coefficient (Wildman–Crippen LogP) is 3.26. The molecular weight excluding hydrogens is 508 g/mol. The van der Waals surface area contributed by atoms with Crippen LogP contribution < -0.4 is 39.2 Å². The first-order chi connectivity index (χ1) is 18.9. The van der Waals surface area contributed by atoms with Crippen LogP contribution in [-0.4, -0.2) is 59.5 Å². The van der Waals surface area contributed by atoms with Gasteiger partial charge in [0.05, 0.1) is 42.1 Å². The highest BCUT2D eigenvalue weighted by Crippen LogP contribution is 2.40. The van der Waals surface area contributed by atoms with Crippen molar-refractivity contribution in [1.29, 1.82) is 0 Å². The zero-order valence-electron chi connectivity index (χ0n) is 22.6. The van der Waals surface area contributed by atoms with E-state index in [1.54, 1.807) is 26.4 Å². The Labute approximate surface area is 226 Å². The zero-order chi connectivity index (χ0) is 27.9. The Bertz CT molecular complexity index is 1360. The number of fused-ring (bicyclic) bond motifs is 1. The minimum absolute atomic E-state index is 0.0559. The van der Waals surface area contributed by atoms with Gasteiger partial charge in [0, 0.05) is 37.0 Å². The standard InChI is InChI=1S/C28H32N2O9/c1-33-22-8-17-6-7-30(13-18(17)9-23(22)34-2)14-20-12-21(31)26(15-38-20)39-16-27(32)29-19-10-24(35-3)28(37-5)25(11-19)36-4/h8-12,15H,6-7,13-14,16H2,1-5H3,(H,29,32). The summed E-state index contributed by atoms with van der Waals surface area (Å²) in [6.45, 7) is 1.53. The van der Waals surface area contributed by atoms with Crippen molar-refractivity contribution in [2.75, 3.05) is 54.0 Å². The van der Waals surface area contributed by atoms with Gasteiger partial charge in [0.2, 0.25) is 16.9 Å². The van der Waals surface area contributed by atoms with E-state index in [0.29, 0.717) is 53.3 Å².